The molecule has 1 unspecified atom stereocenters. The van der Waals surface area contributed by atoms with E-state index in [1.54, 1.807) is 6.07 Å². The van der Waals surface area contributed by atoms with Crippen LogP contribution in [0.25, 0.3) is 0 Å². The Labute approximate surface area is 184 Å². The molecule has 1 aliphatic heterocycles. The highest BCUT2D eigenvalue weighted by molar-refractivity contribution is 7.54. The van der Waals surface area contributed by atoms with Gasteiger partial charge in [-0.15, -0.1) is 0 Å². The maximum absolute atomic E-state index is 13.7. The van der Waals surface area contributed by atoms with Crippen molar-refractivity contribution in [3.63, 3.8) is 0 Å². The van der Waals surface area contributed by atoms with Gasteiger partial charge in [-0.1, -0.05) is 37.0 Å². The summed E-state index contributed by atoms with van der Waals surface area (Å²) in [7, 11) is -2.31. The lowest BCUT2D eigenvalue weighted by molar-refractivity contribution is -0.384. The minimum absolute atomic E-state index is 0.0703. The molecule has 2 aromatic rings. The predicted octanol–water partition coefficient (Wildman–Crippen LogP) is 6.29. The average Bonchev–Trinajstić information content (AvgIpc) is 2.68. The Morgan fingerprint density at radius 2 is 1.80 bits per heavy atom. The summed E-state index contributed by atoms with van der Waals surface area (Å²) in [6.07, 6.45) is 0. The van der Waals surface area contributed by atoms with E-state index in [-0.39, 0.29) is 35.1 Å². The molecule has 1 atom stereocenters. The summed E-state index contributed by atoms with van der Waals surface area (Å²) < 4.78 is 30.6. The van der Waals surface area contributed by atoms with Gasteiger partial charge < -0.3 is 19.1 Å². The lowest BCUT2D eigenvalue weighted by Crippen LogP contribution is -2.32. The van der Waals surface area contributed by atoms with Crippen molar-refractivity contribution in [2.24, 2.45) is 5.41 Å². The summed E-state index contributed by atoms with van der Waals surface area (Å²) in [6.45, 7) is 4.32. The summed E-state index contributed by atoms with van der Waals surface area (Å²) in [5.41, 5.74) is 0.480. The van der Waals surface area contributed by atoms with E-state index in [4.69, 9.17) is 37.0 Å². The zero-order chi connectivity index (χ0) is 22.1. The predicted molar refractivity (Wildman–Crippen MR) is 116 cm³/mol. The third-order valence-electron chi connectivity index (χ3n) is 4.50. The van der Waals surface area contributed by atoms with Crippen LogP contribution in [0.5, 0.6) is 5.75 Å². The molecule has 8 nitrogen and oxygen atoms in total. The van der Waals surface area contributed by atoms with Gasteiger partial charge in [-0.3, -0.25) is 14.7 Å². The lowest BCUT2D eigenvalue weighted by Gasteiger charge is -2.38. The molecule has 11 heteroatoms. The molecule has 0 bridgehead atoms. The van der Waals surface area contributed by atoms with Gasteiger partial charge in [0.2, 0.25) is 0 Å². The summed E-state index contributed by atoms with van der Waals surface area (Å²) in [5.74, 6) is -0.742. The minimum atomic E-state index is -3.74. The Bertz CT molecular complexity index is 985. The number of nitro groups is 1. The van der Waals surface area contributed by atoms with Crippen molar-refractivity contribution in [2.75, 3.05) is 25.6 Å². The number of hydrogen-bond acceptors (Lipinski definition) is 7. The second-order valence-corrected chi connectivity index (χ2v) is 10.6. The van der Waals surface area contributed by atoms with Crippen LogP contribution in [0.3, 0.4) is 0 Å². The van der Waals surface area contributed by atoms with Gasteiger partial charge >= 0.3 is 7.60 Å². The molecule has 0 radical (unpaired) electrons. The molecule has 0 spiro atoms. The molecule has 3 rings (SSSR count). The van der Waals surface area contributed by atoms with Crippen molar-refractivity contribution < 1.29 is 23.3 Å². The van der Waals surface area contributed by atoms with E-state index in [1.807, 2.05) is 13.8 Å². The van der Waals surface area contributed by atoms with Crippen molar-refractivity contribution in [3.8, 4) is 5.75 Å². The molecule has 2 aromatic carbocycles. The zero-order valence-electron chi connectivity index (χ0n) is 16.6. The molecule has 1 saturated heterocycles. The smallest absolute Gasteiger partial charge is 0.357 e. The quantitative estimate of drug-likeness (QED) is 0.298. The van der Waals surface area contributed by atoms with E-state index in [9.17, 15) is 14.7 Å². The second kappa shape index (κ2) is 8.73. The summed E-state index contributed by atoms with van der Waals surface area (Å²) >= 11 is 12.5. The number of benzene rings is 2. The second-order valence-electron chi connectivity index (χ2n) is 7.61. The van der Waals surface area contributed by atoms with E-state index in [0.717, 1.165) is 0 Å². The van der Waals surface area contributed by atoms with Crippen molar-refractivity contribution >= 4 is 42.2 Å². The minimum Gasteiger partial charge on any atom is -0.495 e. The fourth-order valence-corrected chi connectivity index (χ4v) is 5.78. The van der Waals surface area contributed by atoms with Gasteiger partial charge in [-0.2, -0.15) is 0 Å². The first-order chi connectivity index (χ1) is 14.0. The molecular formula is C19H21Cl2N2O6P. The molecule has 1 aliphatic rings. The van der Waals surface area contributed by atoms with Crippen LogP contribution in [-0.2, 0) is 13.6 Å². The topological polar surface area (TPSA) is 99.9 Å². The number of halogens is 2. The normalized spacial score (nSPS) is 18.4. The van der Waals surface area contributed by atoms with Crippen LogP contribution < -0.4 is 10.1 Å². The maximum Gasteiger partial charge on any atom is 0.357 e. The fourth-order valence-electron chi connectivity index (χ4n) is 2.92. The van der Waals surface area contributed by atoms with Crippen molar-refractivity contribution in [3.05, 3.63) is 62.1 Å². The number of non-ortho nitro benzene ring substituents is 1. The Hall–Kier alpha value is -1.83. The van der Waals surface area contributed by atoms with E-state index in [0.29, 0.717) is 16.3 Å². The van der Waals surface area contributed by atoms with Crippen molar-refractivity contribution in [1.82, 2.24) is 0 Å². The zero-order valence-corrected chi connectivity index (χ0v) is 19.0. The van der Waals surface area contributed by atoms with Gasteiger partial charge in [0.15, 0.2) is 5.78 Å². The van der Waals surface area contributed by atoms with E-state index < -0.39 is 18.3 Å². The van der Waals surface area contributed by atoms with Gasteiger partial charge in [0.05, 0.1) is 30.3 Å². The van der Waals surface area contributed by atoms with Crippen LogP contribution in [0.4, 0.5) is 11.4 Å². The number of anilines is 1. The number of hydrogen-bond donors (Lipinski definition) is 1. The van der Waals surface area contributed by atoms with Gasteiger partial charge in [0.1, 0.15) is 5.75 Å². The number of rotatable bonds is 6. The number of nitro benzene ring substituents is 1. The highest BCUT2D eigenvalue weighted by Crippen LogP contribution is 2.65. The molecule has 162 valence electrons. The van der Waals surface area contributed by atoms with Gasteiger partial charge in [-0.05, 0) is 24.3 Å². The number of methoxy groups -OCH3 is 1. The molecule has 30 heavy (non-hydrogen) atoms. The molecule has 0 aliphatic carbocycles. The third kappa shape index (κ3) is 4.90. The third-order valence-corrected chi connectivity index (χ3v) is 7.02. The van der Waals surface area contributed by atoms with Crippen LogP contribution in [0.2, 0.25) is 10.0 Å². The number of ether oxygens (including phenoxy) is 1. The molecule has 1 heterocycles. The van der Waals surface area contributed by atoms with Crippen LogP contribution in [0, 0.1) is 15.5 Å². The Morgan fingerprint density at radius 1 is 1.20 bits per heavy atom. The Balaban J connectivity index is 2.06. The maximum atomic E-state index is 13.7. The lowest BCUT2D eigenvalue weighted by atomic mass is 9.97. The standard InChI is InChI=1S/C19H21Cl2N2O6P/c1-19(2)10-28-30(26,29-11-19)18(15-8-12(20)9-16(21)17(15)27-3)22-13-4-6-14(7-5-13)23(24)25/h4-9,18,22H,10-11H2,1-3H3. The van der Waals surface area contributed by atoms with Crippen LogP contribution in [0.15, 0.2) is 36.4 Å². The van der Waals surface area contributed by atoms with E-state index in [2.05, 4.69) is 5.32 Å². The van der Waals surface area contributed by atoms with Gasteiger partial charge in [0.25, 0.3) is 5.69 Å². The molecule has 0 aromatic heterocycles. The molecule has 1 fully saturated rings. The van der Waals surface area contributed by atoms with Crippen molar-refractivity contribution in [2.45, 2.75) is 19.6 Å². The van der Waals surface area contributed by atoms with E-state index >= 15 is 0 Å². The Morgan fingerprint density at radius 3 is 2.33 bits per heavy atom. The first-order valence-electron chi connectivity index (χ1n) is 8.97. The molecule has 0 saturated carbocycles. The molecule has 1 N–H and O–H groups in total. The molecule has 0 amide bonds. The number of nitrogens with one attached hydrogen (secondary N) is 1. The van der Waals surface area contributed by atoms with Crippen LogP contribution in [0.1, 0.15) is 25.2 Å². The van der Waals surface area contributed by atoms with Gasteiger partial charge in [0, 0.05) is 33.8 Å². The monoisotopic (exact) mass is 474 g/mol. The highest BCUT2D eigenvalue weighted by Gasteiger charge is 2.45. The largest absolute Gasteiger partial charge is 0.495 e. The SMILES string of the molecule is COc1c(Cl)cc(Cl)cc1C(Nc1ccc([N+](=O)[O-])cc1)P1(=O)OCC(C)(C)CO1. The number of nitrogens with zero attached hydrogens (tertiary/aromatic N) is 1. The van der Waals surface area contributed by atoms with Crippen LogP contribution >= 0.6 is 30.8 Å². The first-order valence-corrected chi connectivity index (χ1v) is 11.3. The average molecular weight is 475 g/mol. The summed E-state index contributed by atoms with van der Waals surface area (Å²) in [4.78, 5) is 10.4. The van der Waals surface area contributed by atoms with E-state index in [1.165, 1.54) is 37.4 Å². The Kier molecular flexibility index (Phi) is 6.65. The fraction of sp³-hybridized carbons (Fsp3) is 0.368. The highest BCUT2D eigenvalue weighted by atomic mass is 35.5. The molecular weight excluding hydrogens is 454 g/mol. The van der Waals surface area contributed by atoms with Crippen LogP contribution in [-0.4, -0.2) is 25.2 Å². The van der Waals surface area contributed by atoms with Crippen molar-refractivity contribution in [1.29, 1.82) is 0 Å². The van der Waals surface area contributed by atoms with Gasteiger partial charge in [-0.25, -0.2) is 0 Å². The summed E-state index contributed by atoms with van der Waals surface area (Å²) in [6, 6.07) is 8.76. The first kappa shape index (κ1) is 22.8. The summed E-state index contributed by atoms with van der Waals surface area (Å²) in [5, 5.41) is 14.6.